The fourth-order valence-corrected chi connectivity index (χ4v) is 8.41. The largest absolute Gasteiger partial charge is 0.140 e. The molecule has 0 unspecified atom stereocenters. The van der Waals surface area contributed by atoms with Crippen LogP contribution in [-0.4, -0.2) is 0 Å². The predicted molar refractivity (Wildman–Crippen MR) is 120 cm³/mol. The molecular formula is C22H20S4. The van der Waals surface area contributed by atoms with E-state index in [1.54, 1.807) is 5.56 Å². The van der Waals surface area contributed by atoms with Crippen LogP contribution in [-0.2, 0) is 11.8 Å². The zero-order chi connectivity index (χ0) is 18.1. The Balaban J connectivity index is 1.61. The second kappa shape index (κ2) is 5.90. The van der Waals surface area contributed by atoms with E-state index in [9.17, 15) is 0 Å². The molecule has 0 fully saturated rings. The van der Waals surface area contributed by atoms with Crippen LogP contribution in [0.2, 0.25) is 0 Å². The molecule has 0 aromatic carbocycles. The molecule has 0 spiro atoms. The first kappa shape index (κ1) is 16.9. The van der Waals surface area contributed by atoms with Crippen molar-refractivity contribution in [1.82, 2.24) is 0 Å². The van der Waals surface area contributed by atoms with Gasteiger partial charge >= 0.3 is 0 Å². The highest BCUT2D eigenvalue weighted by Crippen LogP contribution is 2.53. The predicted octanol–water partition coefficient (Wildman–Crippen LogP) is 8.38. The van der Waals surface area contributed by atoms with Gasteiger partial charge in [0.05, 0.1) is 0 Å². The average molecular weight is 413 g/mol. The molecule has 0 atom stereocenters. The summed E-state index contributed by atoms with van der Waals surface area (Å²) in [6.45, 7) is 9.20. The highest BCUT2D eigenvalue weighted by atomic mass is 32.1. The van der Waals surface area contributed by atoms with Crippen molar-refractivity contribution in [2.24, 2.45) is 0 Å². The number of rotatable bonds is 2. The Morgan fingerprint density at radius 3 is 2.12 bits per heavy atom. The lowest BCUT2D eigenvalue weighted by Gasteiger charge is -2.29. The lowest BCUT2D eigenvalue weighted by Crippen LogP contribution is -2.23. The van der Waals surface area contributed by atoms with Crippen LogP contribution in [0.5, 0.6) is 0 Å². The number of hydrogen-bond acceptors (Lipinski definition) is 4. The van der Waals surface area contributed by atoms with E-state index in [1.807, 2.05) is 45.3 Å². The molecular weight excluding hydrogens is 393 g/mol. The average Bonchev–Trinajstić information content (AvgIpc) is 3.30. The molecule has 0 radical (unpaired) electrons. The summed E-state index contributed by atoms with van der Waals surface area (Å²) in [6.07, 6.45) is 1.15. The minimum absolute atomic E-state index is 0.218. The van der Waals surface area contributed by atoms with E-state index >= 15 is 0 Å². The van der Waals surface area contributed by atoms with Crippen LogP contribution in [0.1, 0.15) is 34.7 Å². The van der Waals surface area contributed by atoms with Gasteiger partial charge in [-0.05, 0) is 73.2 Å². The molecule has 0 aliphatic heterocycles. The molecule has 5 rings (SSSR count). The third-order valence-electron chi connectivity index (χ3n) is 5.06. The summed E-state index contributed by atoms with van der Waals surface area (Å²) < 4.78 is 0. The van der Waals surface area contributed by atoms with Crippen molar-refractivity contribution in [3.05, 3.63) is 57.3 Å². The van der Waals surface area contributed by atoms with Gasteiger partial charge in [-0.3, -0.25) is 0 Å². The maximum Gasteiger partial charge on any atom is 0.0489 e. The maximum atomic E-state index is 2.47. The van der Waals surface area contributed by atoms with Crippen LogP contribution in [0, 0.1) is 13.8 Å². The third-order valence-corrected chi connectivity index (χ3v) is 9.93. The number of fused-ring (bicyclic) bond motifs is 3. The van der Waals surface area contributed by atoms with Gasteiger partial charge in [-0.1, -0.05) is 13.8 Å². The van der Waals surface area contributed by atoms with Gasteiger partial charge in [0.2, 0.25) is 0 Å². The Hall–Kier alpha value is -1.20. The molecule has 1 aliphatic rings. The van der Waals surface area contributed by atoms with Crippen LogP contribution < -0.4 is 0 Å². The van der Waals surface area contributed by atoms with Crippen molar-refractivity contribution < 1.29 is 0 Å². The zero-order valence-electron chi connectivity index (χ0n) is 15.3. The Morgan fingerprint density at radius 2 is 1.38 bits per heavy atom. The molecule has 0 N–H and O–H groups in total. The standard InChI is InChI=1S/C22H20S4/c1-12-5-6-16(23-12)17-7-8-18(25-17)19-10-15-21(26-19)20-14(9-13(2)24-20)11-22(15,3)4/h5-10H,11H2,1-4H3. The van der Waals surface area contributed by atoms with Gasteiger partial charge in [-0.2, -0.15) is 0 Å². The molecule has 0 nitrogen and oxygen atoms in total. The molecule has 0 bridgehead atoms. The Morgan fingerprint density at radius 1 is 0.692 bits per heavy atom. The molecule has 4 heterocycles. The molecule has 132 valence electrons. The molecule has 1 aliphatic carbocycles. The zero-order valence-corrected chi connectivity index (χ0v) is 18.6. The Kier molecular flexibility index (Phi) is 3.84. The summed E-state index contributed by atoms with van der Waals surface area (Å²) in [4.78, 5) is 11.4. The van der Waals surface area contributed by atoms with Crippen molar-refractivity contribution >= 4 is 45.3 Å². The summed E-state index contributed by atoms with van der Waals surface area (Å²) >= 11 is 7.76. The summed E-state index contributed by atoms with van der Waals surface area (Å²) in [6, 6.07) is 13.9. The monoisotopic (exact) mass is 412 g/mol. The number of thiophene rings is 4. The second-order valence-electron chi connectivity index (χ2n) is 7.70. The van der Waals surface area contributed by atoms with Crippen LogP contribution in [0.3, 0.4) is 0 Å². The maximum absolute atomic E-state index is 2.47. The van der Waals surface area contributed by atoms with Crippen LogP contribution in [0.25, 0.3) is 29.3 Å². The van der Waals surface area contributed by atoms with Crippen molar-refractivity contribution in [2.45, 2.75) is 39.5 Å². The topological polar surface area (TPSA) is 0 Å². The SMILES string of the molecule is Cc1ccc(-c2ccc(-c3cc4c(s3)-c3sc(C)cc3CC4(C)C)s2)s1. The summed E-state index contributed by atoms with van der Waals surface area (Å²) in [5.41, 5.74) is 3.29. The molecule has 4 heteroatoms. The van der Waals surface area contributed by atoms with Crippen molar-refractivity contribution in [3.8, 4) is 29.3 Å². The second-order valence-corrected chi connectivity index (χ2v) is 12.4. The van der Waals surface area contributed by atoms with Crippen molar-refractivity contribution in [1.29, 1.82) is 0 Å². The van der Waals surface area contributed by atoms with E-state index in [0.717, 1.165) is 6.42 Å². The van der Waals surface area contributed by atoms with Gasteiger partial charge in [-0.15, -0.1) is 45.3 Å². The van der Waals surface area contributed by atoms with Crippen LogP contribution in [0.15, 0.2) is 36.4 Å². The lowest BCUT2D eigenvalue weighted by molar-refractivity contribution is 0.521. The molecule has 0 saturated carbocycles. The molecule has 4 aromatic rings. The smallest absolute Gasteiger partial charge is 0.0489 e. The lowest BCUT2D eigenvalue weighted by atomic mass is 9.75. The Bertz CT molecular complexity index is 1110. The van der Waals surface area contributed by atoms with E-state index in [0.29, 0.717) is 0 Å². The first-order chi connectivity index (χ1) is 12.4. The molecule has 0 amide bonds. The Labute approximate surface area is 170 Å². The van der Waals surface area contributed by atoms with Crippen LogP contribution >= 0.6 is 45.3 Å². The quantitative estimate of drug-likeness (QED) is 0.310. The minimum Gasteiger partial charge on any atom is -0.140 e. The van der Waals surface area contributed by atoms with Gasteiger partial charge in [0.1, 0.15) is 0 Å². The third kappa shape index (κ3) is 2.66. The highest BCUT2D eigenvalue weighted by molar-refractivity contribution is 7.28. The van der Waals surface area contributed by atoms with Gasteiger partial charge in [0.15, 0.2) is 0 Å². The molecule has 0 saturated heterocycles. The minimum atomic E-state index is 0.218. The van der Waals surface area contributed by atoms with E-state index in [2.05, 4.69) is 64.1 Å². The van der Waals surface area contributed by atoms with Crippen molar-refractivity contribution in [2.75, 3.05) is 0 Å². The summed E-state index contributed by atoms with van der Waals surface area (Å²) in [5.74, 6) is 0. The van der Waals surface area contributed by atoms with Gasteiger partial charge in [-0.25, -0.2) is 0 Å². The van der Waals surface area contributed by atoms with E-state index in [4.69, 9.17) is 0 Å². The van der Waals surface area contributed by atoms with Gasteiger partial charge < -0.3 is 0 Å². The van der Waals surface area contributed by atoms with Crippen LogP contribution in [0.4, 0.5) is 0 Å². The first-order valence-corrected chi connectivity index (χ1v) is 12.1. The normalized spacial score (nSPS) is 15.1. The van der Waals surface area contributed by atoms with E-state index < -0.39 is 0 Å². The van der Waals surface area contributed by atoms with Gasteiger partial charge in [0.25, 0.3) is 0 Å². The van der Waals surface area contributed by atoms with Gasteiger partial charge in [0, 0.05) is 39.0 Å². The fraction of sp³-hybridized carbons (Fsp3) is 0.273. The molecule has 4 aromatic heterocycles. The fourth-order valence-electron chi connectivity index (χ4n) is 3.82. The van der Waals surface area contributed by atoms with E-state index in [1.165, 1.54) is 44.6 Å². The number of hydrogen-bond donors (Lipinski definition) is 0. The number of aryl methyl sites for hydroxylation is 2. The molecule has 26 heavy (non-hydrogen) atoms. The summed E-state index contributed by atoms with van der Waals surface area (Å²) in [7, 11) is 0. The van der Waals surface area contributed by atoms with Crippen molar-refractivity contribution in [3.63, 3.8) is 0 Å². The highest BCUT2D eigenvalue weighted by Gasteiger charge is 2.34. The first-order valence-electron chi connectivity index (χ1n) is 8.82. The summed E-state index contributed by atoms with van der Waals surface area (Å²) in [5, 5.41) is 0. The van der Waals surface area contributed by atoms with E-state index in [-0.39, 0.29) is 5.41 Å².